The average Bonchev–Trinajstić information content (AvgIpc) is 3.16. The molecule has 0 aliphatic rings. The summed E-state index contributed by atoms with van der Waals surface area (Å²) in [5, 5.41) is 12.7. The van der Waals surface area contributed by atoms with Gasteiger partial charge < -0.3 is 0 Å². The minimum absolute atomic E-state index is 0.0336. The van der Waals surface area contributed by atoms with Crippen LogP contribution in [0.1, 0.15) is 0 Å². The zero-order chi connectivity index (χ0) is 18.7. The molecule has 0 bridgehead atoms. The van der Waals surface area contributed by atoms with Crippen molar-refractivity contribution in [1.82, 2.24) is 4.98 Å². The van der Waals surface area contributed by atoms with Crippen LogP contribution >= 0.6 is 0 Å². The molecule has 1 heterocycles. The van der Waals surface area contributed by atoms with Gasteiger partial charge in [-0.05, 0) is 0 Å². The molecular weight excluding hydrogens is 403 g/mol. The third-order valence-corrected chi connectivity index (χ3v) is 5.68. The Balaban J connectivity index is 2.09. The van der Waals surface area contributed by atoms with Crippen molar-refractivity contribution in [3.63, 3.8) is 0 Å². The van der Waals surface area contributed by atoms with Gasteiger partial charge in [-0.15, -0.1) is 0 Å². The molecule has 0 amide bonds. The van der Waals surface area contributed by atoms with Gasteiger partial charge >= 0.3 is 156 Å². The van der Waals surface area contributed by atoms with E-state index in [9.17, 15) is 10.1 Å². The number of ether oxygens (including phenoxy) is 3. The number of hydrogen-bond donors (Lipinski definition) is 0. The van der Waals surface area contributed by atoms with Gasteiger partial charge in [-0.2, -0.15) is 0 Å². The fourth-order valence-corrected chi connectivity index (χ4v) is 4.32. The third kappa shape index (κ3) is 3.29. The molecule has 0 aliphatic carbocycles. The standard InChI is InChI=1S/C18H16N2O5Se/c1-23-14-8-12(9-15(24-2)17(14)25-3)16-18(26-10-19-16)11-4-6-13(7-5-11)20(21)22/h4-10H,1-3H3. The Hall–Kier alpha value is -2.83. The predicted octanol–water partition coefficient (Wildman–Crippen LogP) is 3.41. The maximum atomic E-state index is 10.9. The molecule has 0 saturated heterocycles. The van der Waals surface area contributed by atoms with Crippen molar-refractivity contribution < 1.29 is 19.1 Å². The summed E-state index contributed by atoms with van der Waals surface area (Å²) in [6.07, 6.45) is 0. The Morgan fingerprint density at radius 2 is 1.58 bits per heavy atom. The fraction of sp³-hybridized carbons (Fsp3) is 0.167. The number of nitro benzene ring substituents is 1. The summed E-state index contributed by atoms with van der Waals surface area (Å²) in [5.41, 5.74) is 2.62. The zero-order valence-corrected chi connectivity index (χ0v) is 16.1. The first kappa shape index (κ1) is 18.0. The fourth-order valence-electron chi connectivity index (χ4n) is 2.61. The number of aromatic nitrogens is 1. The van der Waals surface area contributed by atoms with Crippen LogP contribution in [-0.4, -0.2) is 45.7 Å². The molecule has 0 saturated carbocycles. The van der Waals surface area contributed by atoms with Crippen molar-refractivity contribution in [1.29, 1.82) is 0 Å². The maximum absolute atomic E-state index is 10.9. The molecule has 26 heavy (non-hydrogen) atoms. The molecule has 0 radical (unpaired) electrons. The van der Waals surface area contributed by atoms with E-state index in [-0.39, 0.29) is 20.2 Å². The van der Waals surface area contributed by atoms with Gasteiger partial charge in [-0.3, -0.25) is 0 Å². The van der Waals surface area contributed by atoms with Crippen molar-refractivity contribution in [3.8, 4) is 38.5 Å². The number of nitrogens with zero attached hydrogens (tertiary/aromatic N) is 2. The van der Waals surface area contributed by atoms with Crippen LogP contribution in [0.25, 0.3) is 21.3 Å². The van der Waals surface area contributed by atoms with Crippen LogP contribution in [0.2, 0.25) is 0 Å². The van der Waals surface area contributed by atoms with Gasteiger partial charge in [0.05, 0.1) is 0 Å². The molecule has 3 aromatic rings. The first-order valence-electron chi connectivity index (χ1n) is 7.57. The summed E-state index contributed by atoms with van der Waals surface area (Å²) in [6, 6.07) is 10.2. The topological polar surface area (TPSA) is 83.7 Å². The summed E-state index contributed by atoms with van der Waals surface area (Å²) in [4.78, 5) is 15.0. The van der Waals surface area contributed by atoms with Crippen molar-refractivity contribution in [2.45, 2.75) is 0 Å². The van der Waals surface area contributed by atoms with Crippen LogP contribution < -0.4 is 14.2 Å². The summed E-state index contributed by atoms with van der Waals surface area (Å²) in [7, 11) is 4.68. The second kappa shape index (κ2) is 7.59. The molecule has 0 atom stereocenters. The van der Waals surface area contributed by atoms with Crippen LogP contribution in [0.5, 0.6) is 17.2 Å². The summed E-state index contributed by atoms with van der Waals surface area (Å²) in [6.45, 7) is 0. The number of nitro groups is 1. The molecule has 2 aromatic carbocycles. The van der Waals surface area contributed by atoms with E-state index in [0.717, 1.165) is 21.3 Å². The van der Waals surface area contributed by atoms with Gasteiger partial charge in [0.15, 0.2) is 0 Å². The molecule has 7 nitrogen and oxygen atoms in total. The van der Waals surface area contributed by atoms with Gasteiger partial charge in [0, 0.05) is 0 Å². The Morgan fingerprint density at radius 3 is 2.08 bits per heavy atom. The summed E-state index contributed by atoms with van der Waals surface area (Å²) < 4.78 is 17.2. The normalized spacial score (nSPS) is 10.4. The van der Waals surface area contributed by atoms with Crippen molar-refractivity contribution in [3.05, 3.63) is 51.6 Å². The van der Waals surface area contributed by atoms with Crippen molar-refractivity contribution in [2.75, 3.05) is 21.3 Å². The molecule has 0 fully saturated rings. The average molecular weight is 419 g/mol. The Kier molecular flexibility index (Phi) is 5.25. The van der Waals surface area contributed by atoms with Gasteiger partial charge in [-0.1, -0.05) is 0 Å². The van der Waals surface area contributed by atoms with Crippen LogP contribution in [0.4, 0.5) is 5.69 Å². The van der Waals surface area contributed by atoms with E-state index in [0.29, 0.717) is 17.2 Å². The van der Waals surface area contributed by atoms with Gasteiger partial charge in [0.2, 0.25) is 0 Å². The predicted molar refractivity (Wildman–Crippen MR) is 98.4 cm³/mol. The van der Waals surface area contributed by atoms with E-state index in [1.807, 2.05) is 17.2 Å². The van der Waals surface area contributed by atoms with E-state index in [1.54, 1.807) is 33.5 Å². The third-order valence-electron chi connectivity index (χ3n) is 3.85. The van der Waals surface area contributed by atoms with E-state index < -0.39 is 4.92 Å². The second-order valence-electron chi connectivity index (χ2n) is 5.25. The number of rotatable bonds is 6. The molecule has 1 aromatic heterocycles. The SMILES string of the molecule is COc1cc(-c2nc[se]c2-c2ccc([N+](=O)[O-])cc2)cc(OC)c1OC. The van der Waals surface area contributed by atoms with Crippen LogP contribution in [0, 0.1) is 10.1 Å². The molecule has 0 N–H and O–H groups in total. The number of non-ortho nitro benzene ring substituents is 1. The summed E-state index contributed by atoms with van der Waals surface area (Å²) >= 11 is 0.0336. The molecule has 0 aliphatic heterocycles. The molecule has 8 heteroatoms. The Labute approximate surface area is 156 Å². The van der Waals surface area contributed by atoms with E-state index in [1.165, 1.54) is 12.1 Å². The van der Waals surface area contributed by atoms with Gasteiger partial charge in [-0.25, -0.2) is 0 Å². The zero-order valence-electron chi connectivity index (χ0n) is 14.4. The Bertz CT molecular complexity index is 912. The molecule has 0 spiro atoms. The van der Waals surface area contributed by atoms with Crippen molar-refractivity contribution in [2.24, 2.45) is 0 Å². The second-order valence-corrected chi connectivity index (χ2v) is 7.04. The van der Waals surface area contributed by atoms with Gasteiger partial charge in [0.1, 0.15) is 0 Å². The Morgan fingerprint density at radius 1 is 0.962 bits per heavy atom. The first-order valence-corrected chi connectivity index (χ1v) is 9.42. The molecular formula is C18H16N2O5Se. The summed E-state index contributed by atoms with van der Waals surface area (Å²) in [5.74, 6) is 1.61. The molecule has 134 valence electrons. The quantitative estimate of drug-likeness (QED) is 0.346. The molecule has 3 rings (SSSR count). The minimum atomic E-state index is -0.408. The monoisotopic (exact) mass is 420 g/mol. The van der Waals surface area contributed by atoms with Crippen LogP contribution in [0.3, 0.4) is 0 Å². The van der Waals surface area contributed by atoms with E-state index in [4.69, 9.17) is 14.2 Å². The first-order chi connectivity index (χ1) is 12.6. The number of benzene rings is 2. The van der Waals surface area contributed by atoms with Crippen molar-refractivity contribution >= 4 is 20.2 Å². The number of hydrogen-bond acceptors (Lipinski definition) is 6. The van der Waals surface area contributed by atoms with Crippen LogP contribution in [0.15, 0.2) is 41.5 Å². The molecule has 0 unspecified atom stereocenters. The van der Waals surface area contributed by atoms with E-state index >= 15 is 0 Å². The van der Waals surface area contributed by atoms with Crippen LogP contribution in [-0.2, 0) is 0 Å². The number of methoxy groups -OCH3 is 3. The van der Waals surface area contributed by atoms with Gasteiger partial charge in [0.25, 0.3) is 0 Å². The van der Waals surface area contributed by atoms with E-state index in [2.05, 4.69) is 4.98 Å².